The number of carboxylic acids is 1. The van der Waals surface area contributed by atoms with Gasteiger partial charge in [-0.05, 0) is 44.7 Å². The largest absolute Gasteiger partial charge is 0.480 e. The molecule has 110 valence electrons. The lowest BCUT2D eigenvalue weighted by atomic mass is 9.75. The van der Waals surface area contributed by atoms with Crippen molar-refractivity contribution in [1.29, 1.82) is 0 Å². The van der Waals surface area contributed by atoms with E-state index in [1.54, 1.807) is 0 Å². The molecule has 5 nitrogen and oxygen atoms in total. The molecular weight excluding hydrogens is 244 g/mol. The topological polar surface area (TPSA) is 78.4 Å². The van der Waals surface area contributed by atoms with E-state index in [0.29, 0.717) is 6.42 Å². The number of rotatable bonds is 6. The highest BCUT2D eigenvalue weighted by Gasteiger charge is 2.39. The molecule has 1 heterocycles. The summed E-state index contributed by atoms with van der Waals surface area (Å²) in [6, 6.07) is -0.772. The first-order chi connectivity index (χ1) is 8.91. The molecule has 5 heteroatoms. The molecule has 19 heavy (non-hydrogen) atoms. The number of carboxylic acid groups (broad SMARTS) is 1. The van der Waals surface area contributed by atoms with E-state index in [4.69, 9.17) is 0 Å². The molecule has 0 saturated carbocycles. The minimum atomic E-state index is -0.942. The summed E-state index contributed by atoms with van der Waals surface area (Å²) in [5, 5.41) is 15.2. The van der Waals surface area contributed by atoms with Crippen LogP contribution >= 0.6 is 0 Å². The maximum atomic E-state index is 12.4. The quantitative estimate of drug-likeness (QED) is 0.681. The zero-order valence-corrected chi connectivity index (χ0v) is 12.2. The molecule has 1 rings (SSSR count). The Morgan fingerprint density at radius 3 is 2.32 bits per heavy atom. The van der Waals surface area contributed by atoms with E-state index < -0.39 is 17.4 Å². The Labute approximate surface area is 115 Å². The molecule has 1 aliphatic rings. The fourth-order valence-electron chi connectivity index (χ4n) is 2.65. The second-order valence-electron chi connectivity index (χ2n) is 5.88. The zero-order chi connectivity index (χ0) is 14.5. The van der Waals surface area contributed by atoms with E-state index in [-0.39, 0.29) is 11.8 Å². The Morgan fingerprint density at radius 1 is 1.32 bits per heavy atom. The lowest BCUT2D eigenvalue weighted by molar-refractivity contribution is -0.145. The second-order valence-corrected chi connectivity index (χ2v) is 5.88. The van der Waals surface area contributed by atoms with E-state index in [0.717, 1.165) is 32.4 Å². The van der Waals surface area contributed by atoms with Gasteiger partial charge in [-0.3, -0.25) is 4.79 Å². The third kappa shape index (κ3) is 4.20. The fourth-order valence-corrected chi connectivity index (χ4v) is 2.65. The number of carbonyl (C=O) groups excluding carboxylic acids is 1. The summed E-state index contributed by atoms with van der Waals surface area (Å²) in [6.07, 6.45) is 2.79. The average molecular weight is 270 g/mol. The van der Waals surface area contributed by atoms with Crippen LogP contribution in [0.1, 0.15) is 46.5 Å². The third-order valence-electron chi connectivity index (χ3n) is 4.03. The molecule has 1 aliphatic heterocycles. The standard InChI is InChI=1S/C14H26N2O3/c1-4-14(5-7-15-8-6-14)13(19)16-11(12(17)18)9-10(2)3/h10-11,15H,4-9H2,1-3H3,(H,16,19)(H,17,18). The molecular formula is C14H26N2O3. The molecule has 0 bridgehead atoms. The highest BCUT2D eigenvalue weighted by molar-refractivity contribution is 5.87. The van der Waals surface area contributed by atoms with Crippen LogP contribution in [0.3, 0.4) is 0 Å². The minimum absolute atomic E-state index is 0.0930. The number of amides is 1. The average Bonchev–Trinajstić information content (AvgIpc) is 2.38. The number of piperidine rings is 1. The van der Waals surface area contributed by atoms with Gasteiger partial charge in [0.15, 0.2) is 0 Å². The second kappa shape index (κ2) is 6.89. The summed E-state index contributed by atoms with van der Waals surface area (Å²) in [7, 11) is 0. The Kier molecular flexibility index (Phi) is 5.79. The van der Waals surface area contributed by atoms with E-state index >= 15 is 0 Å². The minimum Gasteiger partial charge on any atom is -0.480 e. The third-order valence-corrected chi connectivity index (χ3v) is 4.03. The molecule has 1 fully saturated rings. The van der Waals surface area contributed by atoms with Crippen molar-refractivity contribution in [2.75, 3.05) is 13.1 Å². The van der Waals surface area contributed by atoms with Crippen LogP contribution in [-0.4, -0.2) is 36.1 Å². The molecule has 0 aromatic rings. The SMILES string of the molecule is CCC1(C(=O)NC(CC(C)C)C(=O)O)CCNCC1. The monoisotopic (exact) mass is 270 g/mol. The Bertz CT molecular complexity index is 323. The molecule has 0 spiro atoms. The van der Waals surface area contributed by atoms with Crippen molar-refractivity contribution in [3.05, 3.63) is 0 Å². The first-order valence-electron chi connectivity index (χ1n) is 7.16. The summed E-state index contributed by atoms with van der Waals surface area (Å²) in [5.41, 5.74) is -0.393. The van der Waals surface area contributed by atoms with Gasteiger partial charge in [0.1, 0.15) is 6.04 Å². The molecule has 0 aliphatic carbocycles. The van der Waals surface area contributed by atoms with Gasteiger partial charge in [0.05, 0.1) is 5.41 Å². The molecule has 1 saturated heterocycles. The summed E-state index contributed by atoms with van der Waals surface area (Å²) < 4.78 is 0. The molecule has 1 atom stereocenters. The van der Waals surface area contributed by atoms with Crippen LogP contribution in [0.15, 0.2) is 0 Å². The first kappa shape index (κ1) is 16.0. The Balaban J connectivity index is 2.71. The lowest BCUT2D eigenvalue weighted by Crippen LogP contribution is -2.52. The number of aliphatic carboxylic acids is 1. The van der Waals surface area contributed by atoms with Gasteiger partial charge >= 0.3 is 5.97 Å². The van der Waals surface area contributed by atoms with Crippen LogP contribution in [0, 0.1) is 11.3 Å². The smallest absolute Gasteiger partial charge is 0.326 e. The summed E-state index contributed by atoms with van der Waals surface area (Å²) in [6.45, 7) is 7.57. The van der Waals surface area contributed by atoms with Gasteiger partial charge in [0, 0.05) is 0 Å². The molecule has 0 aromatic heterocycles. The molecule has 0 aromatic carbocycles. The van der Waals surface area contributed by atoms with Crippen LogP contribution in [0.2, 0.25) is 0 Å². The van der Waals surface area contributed by atoms with Crippen LogP contribution in [-0.2, 0) is 9.59 Å². The lowest BCUT2D eigenvalue weighted by Gasteiger charge is -2.36. The predicted octanol–water partition coefficient (Wildman–Crippen LogP) is 1.38. The van der Waals surface area contributed by atoms with Crippen molar-refractivity contribution in [1.82, 2.24) is 10.6 Å². The van der Waals surface area contributed by atoms with E-state index in [9.17, 15) is 14.7 Å². The first-order valence-corrected chi connectivity index (χ1v) is 7.16. The van der Waals surface area contributed by atoms with Gasteiger partial charge in [0.2, 0.25) is 5.91 Å². The van der Waals surface area contributed by atoms with Crippen molar-refractivity contribution in [2.24, 2.45) is 11.3 Å². The van der Waals surface area contributed by atoms with Crippen LogP contribution < -0.4 is 10.6 Å². The zero-order valence-electron chi connectivity index (χ0n) is 12.2. The van der Waals surface area contributed by atoms with Crippen molar-refractivity contribution in [3.63, 3.8) is 0 Å². The highest BCUT2D eigenvalue weighted by Crippen LogP contribution is 2.32. The highest BCUT2D eigenvalue weighted by atomic mass is 16.4. The number of carbonyl (C=O) groups is 2. The van der Waals surface area contributed by atoms with E-state index in [1.165, 1.54) is 0 Å². The van der Waals surface area contributed by atoms with Crippen LogP contribution in [0.4, 0.5) is 0 Å². The van der Waals surface area contributed by atoms with Crippen molar-refractivity contribution in [2.45, 2.75) is 52.5 Å². The number of hydrogen-bond acceptors (Lipinski definition) is 3. The fraction of sp³-hybridized carbons (Fsp3) is 0.857. The Morgan fingerprint density at radius 2 is 1.89 bits per heavy atom. The van der Waals surface area contributed by atoms with Crippen LogP contribution in [0.25, 0.3) is 0 Å². The Hall–Kier alpha value is -1.10. The van der Waals surface area contributed by atoms with Gasteiger partial charge in [-0.25, -0.2) is 4.79 Å². The van der Waals surface area contributed by atoms with Gasteiger partial charge in [-0.15, -0.1) is 0 Å². The maximum absolute atomic E-state index is 12.4. The number of hydrogen-bond donors (Lipinski definition) is 3. The molecule has 3 N–H and O–H groups in total. The summed E-state index contributed by atoms with van der Waals surface area (Å²) in [4.78, 5) is 23.7. The van der Waals surface area contributed by atoms with Gasteiger partial charge in [-0.2, -0.15) is 0 Å². The van der Waals surface area contributed by atoms with Crippen molar-refractivity contribution < 1.29 is 14.7 Å². The maximum Gasteiger partial charge on any atom is 0.326 e. The normalized spacial score (nSPS) is 20.0. The summed E-state index contributed by atoms with van der Waals surface area (Å²) in [5.74, 6) is -0.793. The van der Waals surface area contributed by atoms with E-state index in [1.807, 2.05) is 20.8 Å². The molecule has 0 radical (unpaired) electrons. The van der Waals surface area contributed by atoms with Gasteiger partial charge in [0.25, 0.3) is 0 Å². The van der Waals surface area contributed by atoms with Crippen LogP contribution in [0.5, 0.6) is 0 Å². The van der Waals surface area contributed by atoms with E-state index in [2.05, 4.69) is 10.6 Å². The molecule has 1 amide bonds. The van der Waals surface area contributed by atoms with Crippen molar-refractivity contribution in [3.8, 4) is 0 Å². The van der Waals surface area contributed by atoms with Crippen molar-refractivity contribution >= 4 is 11.9 Å². The summed E-state index contributed by atoms with van der Waals surface area (Å²) >= 11 is 0. The predicted molar refractivity (Wildman–Crippen MR) is 73.8 cm³/mol. The molecule has 1 unspecified atom stereocenters. The van der Waals surface area contributed by atoms with Gasteiger partial charge in [-0.1, -0.05) is 20.8 Å². The number of nitrogens with one attached hydrogen (secondary N) is 2. The van der Waals surface area contributed by atoms with Gasteiger partial charge < -0.3 is 15.7 Å².